The fourth-order valence-electron chi connectivity index (χ4n) is 4.20. The molecule has 166 valence electrons. The van der Waals surface area contributed by atoms with Gasteiger partial charge < -0.3 is 15.0 Å². The van der Waals surface area contributed by atoms with Gasteiger partial charge in [0.1, 0.15) is 22.6 Å². The molecule has 1 heterocycles. The smallest absolute Gasteiger partial charge is 0.144 e. The maximum Gasteiger partial charge on any atom is 0.144 e. The summed E-state index contributed by atoms with van der Waals surface area (Å²) in [4.78, 5) is 10.4. The molecule has 0 bridgehead atoms. The zero-order valence-corrected chi connectivity index (χ0v) is 19.0. The quantitative estimate of drug-likeness (QED) is 0.405. The third-order valence-corrected chi connectivity index (χ3v) is 6.07. The highest BCUT2D eigenvalue weighted by molar-refractivity contribution is 6.29. The number of aliphatic imine (C=N–C) groups is 2. The number of benzene rings is 2. The molecule has 0 aromatic heterocycles. The summed E-state index contributed by atoms with van der Waals surface area (Å²) in [5.74, 6) is 1.71. The minimum atomic E-state index is -0.217. The minimum Gasteiger partial charge on any atom is -0.494 e. The van der Waals surface area contributed by atoms with E-state index in [0.717, 1.165) is 54.2 Å². The minimum absolute atomic E-state index is 0.217. The summed E-state index contributed by atoms with van der Waals surface area (Å²) in [7, 11) is 3.50. The second-order valence-corrected chi connectivity index (χ2v) is 8.29. The van der Waals surface area contributed by atoms with Crippen LogP contribution >= 0.6 is 11.6 Å². The zero-order valence-electron chi connectivity index (χ0n) is 18.2. The molecule has 0 saturated heterocycles. The molecule has 1 aliphatic carbocycles. The summed E-state index contributed by atoms with van der Waals surface area (Å²) >= 11 is 5.97. The molecule has 1 N–H and O–H groups in total. The summed E-state index contributed by atoms with van der Waals surface area (Å²) in [6.07, 6.45) is 5.95. The number of allylic oxidation sites excluding steroid dienone is 1. The van der Waals surface area contributed by atoms with Gasteiger partial charge in [0.05, 0.1) is 24.4 Å². The van der Waals surface area contributed by atoms with Gasteiger partial charge in [-0.2, -0.15) is 0 Å². The van der Waals surface area contributed by atoms with Crippen LogP contribution in [0.25, 0.3) is 5.57 Å². The van der Waals surface area contributed by atoms with Crippen molar-refractivity contribution in [3.05, 3.63) is 70.9 Å². The van der Waals surface area contributed by atoms with E-state index < -0.39 is 0 Å². The number of ether oxygens (including phenoxy) is 1. The first-order chi connectivity index (χ1) is 15.5. The molecule has 2 aromatic carbocycles. The molecule has 0 radical (unpaired) electrons. The molecule has 0 amide bonds. The predicted molar refractivity (Wildman–Crippen MR) is 131 cm³/mol. The van der Waals surface area contributed by atoms with Crippen LogP contribution < -0.4 is 15.0 Å². The monoisotopic (exact) mass is 452 g/mol. The standard InChI is InChI=1S/C25H26ClFN4O/c1-28-23(26)15-31(2)21-13-12-18(14-22(21)32-3)29-25-20-7-5-4-6-19(24(20)30-25)16-8-10-17(27)11-9-16/h8-15,20H,1,4-7H2,2-3H3,(H,29,30). The van der Waals surface area contributed by atoms with Gasteiger partial charge in [-0.25, -0.2) is 9.38 Å². The van der Waals surface area contributed by atoms with E-state index in [1.165, 1.54) is 17.7 Å². The first-order valence-corrected chi connectivity index (χ1v) is 11.0. The largest absolute Gasteiger partial charge is 0.494 e. The maximum absolute atomic E-state index is 13.4. The number of halogens is 2. The highest BCUT2D eigenvalue weighted by Gasteiger charge is 2.34. The molecule has 0 fully saturated rings. The van der Waals surface area contributed by atoms with Crippen molar-refractivity contribution < 1.29 is 9.13 Å². The van der Waals surface area contributed by atoms with E-state index in [0.29, 0.717) is 10.9 Å². The average Bonchev–Trinajstić information content (AvgIpc) is 2.96. The van der Waals surface area contributed by atoms with Crippen LogP contribution in [0.15, 0.2) is 69.5 Å². The SMILES string of the molecule is C=NC(Cl)=CN(C)c1ccc(NC2=NC3=C(c4ccc(F)cc4)CCCCC23)cc1OC. The number of hydrogen-bond donors (Lipinski definition) is 1. The Labute approximate surface area is 193 Å². The van der Waals surface area contributed by atoms with Gasteiger partial charge in [0.25, 0.3) is 0 Å². The fourth-order valence-corrected chi connectivity index (χ4v) is 4.35. The van der Waals surface area contributed by atoms with Gasteiger partial charge in [-0.1, -0.05) is 30.2 Å². The second kappa shape index (κ2) is 9.57. The number of anilines is 2. The number of rotatable bonds is 6. The maximum atomic E-state index is 13.4. The Hall–Kier alpha value is -3.12. The molecule has 1 unspecified atom stereocenters. The van der Waals surface area contributed by atoms with Gasteiger partial charge in [0.2, 0.25) is 0 Å². The van der Waals surface area contributed by atoms with Crippen molar-refractivity contribution in [3.8, 4) is 5.75 Å². The molecule has 1 atom stereocenters. The second-order valence-electron chi connectivity index (χ2n) is 7.90. The van der Waals surface area contributed by atoms with Crippen molar-refractivity contribution in [1.29, 1.82) is 0 Å². The Bertz CT molecular complexity index is 1110. The Morgan fingerprint density at radius 3 is 2.78 bits per heavy atom. The van der Waals surface area contributed by atoms with Gasteiger partial charge in [-0.3, -0.25) is 4.99 Å². The number of hydrogen-bond acceptors (Lipinski definition) is 5. The molecule has 32 heavy (non-hydrogen) atoms. The lowest BCUT2D eigenvalue weighted by atomic mass is 9.89. The van der Waals surface area contributed by atoms with Crippen LogP contribution in [-0.4, -0.2) is 26.7 Å². The van der Waals surface area contributed by atoms with Crippen LogP contribution in [0.4, 0.5) is 15.8 Å². The van der Waals surface area contributed by atoms with Crippen molar-refractivity contribution in [2.24, 2.45) is 15.9 Å². The van der Waals surface area contributed by atoms with Crippen molar-refractivity contribution in [2.45, 2.75) is 25.7 Å². The fraction of sp³-hybridized carbons (Fsp3) is 0.280. The van der Waals surface area contributed by atoms with Crippen LogP contribution in [0.1, 0.15) is 31.2 Å². The van der Waals surface area contributed by atoms with Gasteiger partial charge in [-0.15, -0.1) is 0 Å². The summed E-state index contributed by atoms with van der Waals surface area (Å²) in [5, 5.41) is 3.76. The Kier molecular flexibility index (Phi) is 6.61. The van der Waals surface area contributed by atoms with E-state index in [-0.39, 0.29) is 11.7 Å². The first-order valence-electron chi connectivity index (χ1n) is 10.6. The average molecular weight is 453 g/mol. The molecule has 7 heteroatoms. The normalized spacial score (nSPS) is 18.2. The summed E-state index contributed by atoms with van der Waals surface area (Å²) in [5.41, 5.74) is 5.17. The van der Waals surface area contributed by atoms with Crippen LogP contribution in [0, 0.1) is 11.7 Å². The topological polar surface area (TPSA) is 49.2 Å². The van der Waals surface area contributed by atoms with Crippen LogP contribution in [0.5, 0.6) is 5.75 Å². The molecule has 0 spiro atoms. The zero-order chi connectivity index (χ0) is 22.7. The molecule has 2 aromatic rings. The number of nitrogens with one attached hydrogen (secondary N) is 1. The van der Waals surface area contributed by atoms with Gasteiger partial charge in [-0.05, 0) is 61.4 Å². The summed E-state index contributed by atoms with van der Waals surface area (Å²) < 4.78 is 18.9. The van der Waals surface area contributed by atoms with Crippen molar-refractivity contribution in [3.63, 3.8) is 0 Å². The van der Waals surface area contributed by atoms with Crippen molar-refractivity contribution in [2.75, 3.05) is 24.4 Å². The van der Waals surface area contributed by atoms with E-state index in [1.54, 1.807) is 13.3 Å². The highest BCUT2D eigenvalue weighted by Crippen LogP contribution is 2.42. The van der Waals surface area contributed by atoms with E-state index in [1.807, 2.05) is 42.3 Å². The van der Waals surface area contributed by atoms with Crippen LogP contribution in [0.3, 0.4) is 0 Å². The molecule has 4 rings (SSSR count). The lowest BCUT2D eigenvalue weighted by Gasteiger charge is -2.30. The van der Waals surface area contributed by atoms with Crippen LogP contribution in [0.2, 0.25) is 0 Å². The third kappa shape index (κ3) is 4.55. The van der Waals surface area contributed by atoms with E-state index >= 15 is 0 Å². The van der Waals surface area contributed by atoms with Crippen molar-refractivity contribution >= 4 is 41.1 Å². The number of nitrogens with zero attached hydrogens (tertiary/aromatic N) is 3. The molecule has 0 saturated carbocycles. The summed E-state index contributed by atoms with van der Waals surface area (Å²) in [6.45, 7) is 3.43. The van der Waals surface area contributed by atoms with E-state index in [2.05, 4.69) is 17.0 Å². The lowest BCUT2D eigenvalue weighted by molar-refractivity contribution is 0.416. The highest BCUT2D eigenvalue weighted by atomic mass is 35.5. The van der Waals surface area contributed by atoms with E-state index in [4.69, 9.17) is 21.3 Å². The van der Waals surface area contributed by atoms with Gasteiger partial charge in [0, 0.05) is 25.0 Å². The summed E-state index contributed by atoms with van der Waals surface area (Å²) in [6, 6.07) is 12.6. The number of amidine groups is 1. The van der Waals surface area contributed by atoms with Gasteiger partial charge in [0.15, 0.2) is 0 Å². The first kappa shape index (κ1) is 22.1. The molecular formula is C25H26ClFN4O. The molecular weight excluding hydrogens is 427 g/mol. The number of fused-ring (bicyclic) bond motifs is 1. The molecule has 2 aliphatic rings. The van der Waals surface area contributed by atoms with Crippen molar-refractivity contribution in [1.82, 2.24) is 0 Å². The Morgan fingerprint density at radius 2 is 2.06 bits per heavy atom. The lowest BCUT2D eigenvalue weighted by Crippen LogP contribution is -2.32. The number of methoxy groups -OCH3 is 1. The van der Waals surface area contributed by atoms with Crippen LogP contribution in [-0.2, 0) is 0 Å². The Morgan fingerprint density at radius 1 is 1.28 bits per heavy atom. The Balaban J connectivity index is 1.58. The predicted octanol–water partition coefficient (Wildman–Crippen LogP) is 6.43. The molecule has 5 nitrogen and oxygen atoms in total. The third-order valence-electron chi connectivity index (χ3n) is 5.86. The van der Waals surface area contributed by atoms with Gasteiger partial charge >= 0.3 is 0 Å². The van der Waals surface area contributed by atoms with E-state index in [9.17, 15) is 4.39 Å². The molecule has 1 aliphatic heterocycles.